The Balaban J connectivity index is 1.72. The summed E-state index contributed by atoms with van der Waals surface area (Å²) in [6.45, 7) is 0. The van der Waals surface area contributed by atoms with Crippen LogP contribution in [0, 0.1) is 10.1 Å². The molecule has 9 nitrogen and oxygen atoms in total. The Labute approximate surface area is 192 Å². The predicted molar refractivity (Wildman–Crippen MR) is 120 cm³/mol. The molecule has 1 saturated heterocycles. The molecule has 0 atom stereocenters. The van der Waals surface area contributed by atoms with Gasteiger partial charge in [-0.15, -0.1) is 0 Å². The fraction of sp³-hybridized carbons (Fsp3) is 0. The predicted octanol–water partition coefficient (Wildman–Crippen LogP) is 3.93. The minimum atomic E-state index is -0.804. The number of amides is 2. The molecule has 0 unspecified atom stereocenters. The molecule has 2 amide bonds. The van der Waals surface area contributed by atoms with E-state index in [1.54, 1.807) is 42.5 Å². The molecule has 1 N–H and O–H groups in total. The summed E-state index contributed by atoms with van der Waals surface area (Å²) in [4.78, 5) is 48.6. The zero-order valence-corrected chi connectivity index (χ0v) is 17.5. The van der Waals surface area contributed by atoms with Crippen LogP contribution in [0.1, 0.15) is 15.9 Å². The number of halogens is 1. The van der Waals surface area contributed by atoms with Crippen LogP contribution in [0.2, 0.25) is 5.02 Å². The Bertz CT molecular complexity index is 1320. The van der Waals surface area contributed by atoms with Crippen molar-refractivity contribution in [2.24, 2.45) is 0 Å². The molecule has 10 heteroatoms. The number of nitrogens with zero attached hydrogens (tertiary/aromatic N) is 2. The van der Waals surface area contributed by atoms with Gasteiger partial charge in [-0.2, -0.15) is 0 Å². The van der Waals surface area contributed by atoms with Crippen LogP contribution in [0.15, 0.2) is 78.4 Å². The highest BCUT2D eigenvalue weighted by Crippen LogP contribution is 2.30. The van der Waals surface area contributed by atoms with Crippen molar-refractivity contribution in [3.8, 4) is 5.75 Å². The zero-order chi connectivity index (χ0) is 23.5. The molecule has 4 rings (SSSR count). The number of benzene rings is 3. The molecule has 1 fully saturated rings. The lowest BCUT2D eigenvalue weighted by atomic mass is 10.1. The SMILES string of the molecule is O=C1NN(c2ccccc2)C(=O)/C1=C\c1cc([N+](=O)[O-])ccc1OC(=O)c1ccccc1Cl. The van der Waals surface area contributed by atoms with Crippen molar-refractivity contribution < 1.29 is 24.0 Å². The molecule has 0 aromatic heterocycles. The number of carbonyl (C=O) groups excluding carboxylic acids is 3. The summed E-state index contributed by atoms with van der Waals surface area (Å²) < 4.78 is 5.39. The molecule has 3 aromatic carbocycles. The number of anilines is 1. The first kappa shape index (κ1) is 21.7. The summed E-state index contributed by atoms with van der Waals surface area (Å²) in [7, 11) is 0. The Hall–Kier alpha value is -4.50. The van der Waals surface area contributed by atoms with Gasteiger partial charge in [0, 0.05) is 17.7 Å². The summed E-state index contributed by atoms with van der Waals surface area (Å²) >= 11 is 6.04. The first-order chi connectivity index (χ1) is 15.8. The molecular formula is C23H14ClN3O6. The van der Waals surface area contributed by atoms with Gasteiger partial charge in [-0.05, 0) is 36.4 Å². The molecule has 0 spiro atoms. The number of nitrogens with one attached hydrogen (secondary N) is 1. The van der Waals surface area contributed by atoms with E-state index < -0.39 is 22.7 Å². The normalized spacial score (nSPS) is 14.3. The van der Waals surface area contributed by atoms with Gasteiger partial charge in [0.2, 0.25) is 0 Å². The first-order valence-corrected chi connectivity index (χ1v) is 9.90. The molecule has 1 aliphatic rings. The largest absolute Gasteiger partial charge is 0.422 e. The van der Waals surface area contributed by atoms with E-state index in [1.165, 1.54) is 18.2 Å². The van der Waals surface area contributed by atoms with Crippen LogP contribution in [0.3, 0.4) is 0 Å². The molecular weight excluding hydrogens is 450 g/mol. The van der Waals surface area contributed by atoms with Crippen molar-refractivity contribution in [3.05, 3.63) is 105 Å². The Morgan fingerprint density at radius 3 is 2.42 bits per heavy atom. The van der Waals surface area contributed by atoms with Gasteiger partial charge in [0.05, 0.1) is 21.2 Å². The van der Waals surface area contributed by atoms with Crippen molar-refractivity contribution in [3.63, 3.8) is 0 Å². The van der Waals surface area contributed by atoms with Gasteiger partial charge in [0.25, 0.3) is 17.5 Å². The van der Waals surface area contributed by atoms with Gasteiger partial charge in [-0.25, -0.2) is 9.80 Å². The fourth-order valence-electron chi connectivity index (χ4n) is 3.11. The number of carbonyl (C=O) groups is 3. The van der Waals surface area contributed by atoms with Crippen LogP contribution in [0.4, 0.5) is 11.4 Å². The summed E-state index contributed by atoms with van der Waals surface area (Å²) in [6.07, 6.45) is 1.14. The van der Waals surface area contributed by atoms with Gasteiger partial charge >= 0.3 is 5.97 Å². The highest BCUT2D eigenvalue weighted by atomic mass is 35.5. The lowest BCUT2D eigenvalue weighted by Gasteiger charge is -2.14. The van der Waals surface area contributed by atoms with E-state index >= 15 is 0 Å². The second-order valence-corrected chi connectivity index (χ2v) is 7.23. The second kappa shape index (κ2) is 8.93. The highest BCUT2D eigenvalue weighted by molar-refractivity contribution is 6.33. The topological polar surface area (TPSA) is 119 Å². The van der Waals surface area contributed by atoms with Crippen LogP contribution in [0.5, 0.6) is 5.75 Å². The standard InChI is InChI=1S/C23H14ClN3O6/c24-19-9-5-4-8-17(19)23(30)33-20-11-10-16(27(31)32)12-14(20)13-18-21(28)25-26(22(18)29)15-6-2-1-3-7-15/h1-13H,(H,25,28)/b18-13-. The third-order valence-corrected chi connectivity index (χ3v) is 5.04. The smallest absolute Gasteiger partial charge is 0.345 e. The summed E-state index contributed by atoms with van der Waals surface area (Å²) in [6, 6.07) is 18.1. The number of non-ortho nitro benzene ring substituents is 1. The minimum Gasteiger partial charge on any atom is -0.422 e. The van der Waals surface area contributed by atoms with Gasteiger partial charge in [0.1, 0.15) is 11.3 Å². The second-order valence-electron chi connectivity index (χ2n) is 6.82. The number of nitro groups is 1. The maximum atomic E-state index is 12.9. The number of nitro benzene ring substituents is 1. The lowest BCUT2D eigenvalue weighted by Crippen LogP contribution is -2.35. The third kappa shape index (κ3) is 4.43. The fourth-order valence-corrected chi connectivity index (χ4v) is 3.32. The average Bonchev–Trinajstić information content (AvgIpc) is 3.09. The molecule has 0 saturated carbocycles. The van der Waals surface area contributed by atoms with Crippen LogP contribution < -0.4 is 15.2 Å². The first-order valence-electron chi connectivity index (χ1n) is 9.52. The third-order valence-electron chi connectivity index (χ3n) is 4.71. The molecule has 164 valence electrons. The van der Waals surface area contributed by atoms with Gasteiger partial charge in [-0.3, -0.25) is 25.1 Å². The molecule has 1 aliphatic heterocycles. The number of rotatable bonds is 5. The maximum Gasteiger partial charge on any atom is 0.345 e. The van der Waals surface area contributed by atoms with E-state index in [9.17, 15) is 24.5 Å². The molecule has 0 radical (unpaired) electrons. The van der Waals surface area contributed by atoms with Gasteiger partial charge < -0.3 is 4.74 Å². The average molecular weight is 464 g/mol. The van der Waals surface area contributed by atoms with E-state index in [0.29, 0.717) is 5.69 Å². The van der Waals surface area contributed by atoms with E-state index in [1.807, 2.05) is 0 Å². The van der Waals surface area contributed by atoms with Crippen LogP contribution in [-0.4, -0.2) is 22.7 Å². The number of hydrogen-bond donors (Lipinski definition) is 1. The van der Waals surface area contributed by atoms with Crippen molar-refractivity contribution in [2.75, 3.05) is 5.01 Å². The molecule has 33 heavy (non-hydrogen) atoms. The highest BCUT2D eigenvalue weighted by Gasteiger charge is 2.34. The molecule has 0 aliphatic carbocycles. The summed E-state index contributed by atoms with van der Waals surface area (Å²) in [5.74, 6) is -2.26. The van der Waals surface area contributed by atoms with Crippen molar-refractivity contribution in [2.45, 2.75) is 0 Å². The summed E-state index contributed by atoms with van der Waals surface area (Å²) in [5, 5.41) is 12.5. The van der Waals surface area contributed by atoms with Crippen LogP contribution in [-0.2, 0) is 9.59 Å². The van der Waals surface area contributed by atoms with Crippen molar-refractivity contribution >= 4 is 46.8 Å². The van der Waals surface area contributed by atoms with Gasteiger partial charge in [-0.1, -0.05) is 41.9 Å². The lowest BCUT2D eigenvalue weighted by molar-refractivity contribution is -0.384. The van der Waals surface area contributed by atoms with Gasteiger partial charge in [0.15, 0.2) is 0 Å². The quantitative estimate of drug-likeness (QED) is 0.153. The zero-order valence-electron chi connectivity index (χ0n) is 16.7. The van der Waals surface area contributed by atoms with Crippen molar-refractivity contribution in [1.82, 2.24) is 5.43 Å². The number of ether oxygens (including phenoxy) is 1. The number of hydrogen-bond acceptors (Lipinski definition) is 6. The number of esters is 1. The summed E-state index contributed by atoms with van der Waals surface area (Å²) in [5.41, 5.74) is 2.36. The van der Waals surface area contributed by atoms with Crippen molar-refractivity contribution in [1.29, 1.82) is 0 Å². The maximum absolute atomic E-state index is 12.9. The van der Waals surface area contributed by atoms with E-state index in [-0.39, 0.29) is 33.2 Å². The number of para-hydroxylation sites is 1. The Morgan fingerprint density at radius 2 is 1.73 bits per heavy atom. The Morgan fingerprint density at radius 1 is 1.03 bits per heavy atom. The van der Waals surface area contributed by atoms with E-state index in [4.69, 9.17) is 16.3 Å². The van der Waals surface area contributed by atoms with Crippen LogP contribution >= 0.6 is 11.6 Å². The van der Waals surface area contributed by atoms with Crippen LogP contribution in [0.25, 0.3) is 6.08 Å². The molecule has 0 bridgehead atoms. The Kier molecular flexibility index (Phi) is 5.88. The monoisotopic (exact) mass is 463 g/mol. The molecule has 3 aromatic rings. The van der Waals surface area contributed by atoms with E-state index in [2.05, 4.69) is 5.43 Å². The number of hydrazine groups is 1. The minimum absolute atomic E-state index is 0.00184. The van der Waals surface area contributed by atoms with E-state index in [0.717, 1.165) is 23.2 Å². The molecule has 1 heterocycles.